The molecule has 1 aliphatic heterocycles. The minimum atomic E-state index is -0.175. The topological polar surface area (TPSA) is 61.4 Å². The number of amides is 2. The molecule has 0 saturated carbocycles. The number of hydrogen-bond donors (Lipinski definition) is 2. The smallest absolute Gasteiger partial charge is 0.238 e. The number of carbonyl (C=O) groups is 2. The maximum absolute atomic E-state index is 12.5. The minimum absolute atomic E-state index is 0.00771. The van der Waals surface area contributed by atoms with E-state index in [1.165, 1.54) is 11.8 Å². The predicted molar refractivity (Wildman–Crippen MR) is 119 cm³/mol. The lowest BCUT2D eigenvalue weighted by Gasteiger charge is -2.32. The molecule has 154 valence electrons. The van der Waals surface area contributed by atoms with Gasteiger partial charge in [0.2, 0.25) is 11.8 Å². The Balaban J connectivity index is 1.38. The van der Waals surface area contributed by atoms with Gasteiger partial charge in [-0.25, -0.2) is 0 Å². The third kappa shape index (κ3) is 7.07. The largest absolute Gasteiger partial charge is 0.352 e. The number of para-hydroxylation sites is 1. The molecule has 1 heterocycles. The van der Waals surface area contributed by atoms with Crippen LogP contribution in [-0.2, 0) is 9.59 Å². The molecule has 0 spiro atoms. The number of benzene rings is 2. The average molecular weight is 432 g/mol. The van der Waals surface area contributed by atoms with Gasteiger partial charge >= 0.3 is 0 Å². The van der Waals surface area contributed by atoms with Crippen molar-refractivity contribution in [2.45, 2.75) is 36.0 Å². The Bertz CT molecular complexity index is 809. The van der Waals surface area contributed by atoms with E-state index in [1.54, 1.807) is 0 Å². The molecule has 2 N–H and O–H groups in total. The molecule has 1 atom stereocenters. The number of thioether (sulfide) groups is 1. The zero-order chi connectivity index (χ0) is 20.6. The van der Waals surface area contributed by atoms with Crippen LogP contribution in [-0.4, -0.2) is 47.6 Å². The summed E-state index contributed by atoms with van der Waals surface area (Å²) in [4.78, 5) is 27.9. The number of carbonyl (C=O) groups excluding carboxylic acids is 2. The Morgan fingerprint density at radius 3 is 2.41 bits per heavy atom. The molecule has 5 nitrogen and oxygen atoms in total. The van der Waals surface area contributed by atoms with Crippen LogP contribution in [0.15, 0.2) is 59.5 Å². The van der Waals surface area contributed by atoms with E-state index in [0.717, 1.165) is 36.5 Å². The van der Waals surface area contributed by atoms with E-state index in [1.807, 2.05) is 61.5 Å². The molecule has 1 saturated heterocycles. The first-order valence-electron chi connectivity index (χ1n) is 9.79. The molecule has 29 heavy (non-hydrogen) atoms. The van der Waals surface area contributed by atoms with Crippen molar-refractivity contribution in [3.8, 4) is 0 Å². The molecular weight excluding hydrogens is 406 g/mol. The highest BCUT2D eigenvalue weighted by molar-refractivity contribution is 8.00. The lowest BCUT2D eigenvalue weighted by Crippen LogP contribution is -2.48. The van der Waals surface area contributed by atoms with Gasteiger partial charge in [-0.2, -0.15) is 0 Å². The second-order valence-electron chi connectivity index (χ2n) is 7.19. The first kappa shape index (κ1) is 21.7. The van der Waals surface area contributed by atoms with Gasteiger partial charge < -0.3 is 10.6 Å². The molecule has 2 amide bonds. The van der Waals surface area contributed by atoms with E-state index >= 15 is 0 Å². The molecule has 7 heteroatoms. The summed E-state index contributed by atoms with van der Waals surface area (Å²) in [5.74, 6) is 0.0388. The molecule has 0 radical (unpaired) electrons. The van der Waals surface area contributed by atoms with Crippen molar-refractivity contribution < 1.29 is 9.59 Å². The molecule has 1 aliphatic rings. The molecule has 2 aromatic rings. The number of nitrogens with zero attached hydrogens (tertiary/aromatic N) is 1. The van der Waals surface area contributed by atoms with Gasteiger partial charge in [-0.15, -0.1) is 11.8 Å². The molecular formula is C22H26ClN3O2S. The number of hydrogen-bond acceptors (Lipinski definition) is 4. The summed E-state index contributed by atoms with van der Waals surface area (Å²) in [6.07, 6.45) is 1.70. The molecule has 0 aromatic heterocycles. The maximum atomic E-state index is 12.5. The van der Waals surface area contributed by atoms with Crippen molar-refractivity contribution in [3.05, 3.63) is 59.6 Å². The fourth-order valence-electron chi connectivity index (χ4n) is 3.25. The highest BCUT2D eigenvalue weighted by Crippen LogP contribution is 2.25. The van der Waals surface area contributed by atoms with Gasteiger partial charge in [0.25, 0.3) is 0 Å². The second-order valence-corrected chi connectivity index (χ2v) is 9.04. The standard InChI is InChI=1S/C22H26ClN3O2S/c1-16(29-20-9-7-17(23)8-10-20)22(28)25-19-11-13-26(14-12-19)15-21(27)24-18-5-3-2-4-6-18/h2-10,16,19H,11-15H2,1H3,(H,24,27)(H,25,28). The predicted octanol–water partition coefficient (Wildman–Crippen LogP) is 4.04. The Morgan fingerprint density at radius 1 is 1.10 bits per heavy atom. The lowest BCUT2D eigenvalue weighted by molar-refractivity contribution is -0.122. The van der Waals surface area contributed by atoms with Crippen LogP contribution >= 0.6 is 23.4 Å². The van der Waals surface area contributed by atoms with E-state index in [-0.39, 0.29) is 23.1 Å². The second kappa shape index (κ2) is 10.7. The van der Waals surface area contributed by atoms with E-state index in [9.17, 15) is 9.59 Å². The summed E-state index contributed by atoms with van der Waals surface area (Å²) in [5, 5.41) is 6.58. The molecule has 1 fully saturated rings. The van der Waals surface area contributed by atoms with E-state index < -0.39 is 0 Å². The summed E-state index contributed by atoms with van der Waals surface area (Å²) in [7, 11) is 0. The molecule has 1 unspecified atom stereocenters. The van der Waals surface area contributed by atoms with Gasteiger partial charge in [-0.3, -0.25) is 14.5 Å². The number of likely N-dealkylation sites (tertiary alicyclic amines) is 1. The third-order valence-corrected chi connectivity index (χ3v) is 6.22. The summed E-state index contributed by atoms with van der Waals surface area (Å²) in [5.41, 5.74) is 0.812. The molecule has 2 aromatic carbocycles. The normalized spacial score (nSPS) is 16.2. The van der Waals surface area contributed by atoms with Gasteiger partial charge in [0.15, 0.2) is 0 Å². The van der Waals surface area contributed by atoms with E-state index in [0.29, 0.717) is 11.6 Å². The van der Waals surface area contributed by atoms with Crippen LogP contribution in [0.5, 0.6) is 0 Å². The van der Waals surface area contributed by atoms with Crippen LogP contribution in [0.3, 0.4) is 0 Å². The van der Waals surface area contributed by atoms with Crippen LogP contribution in [0, 0.1) is 0 Å². The van der Waals surface area contributed by atoms with Crippen molar-refractivity contribution >= 4 is 40.9 Å². The summed E-state index contributed by atoms with van der Waals surface area (Å²) in [6.45, 7) is 3.88. The van der Waals surface area contributed by atoms with Crippen LogP contribution in [0.2, 0.25) is 5.02 Å². The van der Waals surface area contributed by atoms with Crippen LogP contribution < -0.4 is 10.6 Å². The van der Waals surface area contributed by atoms with Crippen molar-refractivity contribution in [1.82, 2.24) is 10.2 Å². The summed E-state index contributed by atoms with van der Waals surface area (Å²) in [6, 6.07) is 17.1. The quantitative estimate of drug-likeness (QED) is 0.649. The number of piperidine rings is 1. The molecule has 0 bridgehead atoms. The highest BCUT2D eigenvalue weighted by Gasteiger charge is 2.24. The van der Waals surface area contributed by atoms with Gasteiger partial charge in [-0.1, -0.05) is 29.8 Å². The first-order chi connectivity index (χ1) is 14.0. The zero-order valence-corrected chi connectivity index (χ0v) is 18.0. The SMILES string of the molecule is CC(Sc1ccc(Cl)cc1)C(=O)NC1CCN(CC(=O)Nc2ccccc2)CC1. The fraction of sp³-hybridized carbons (Fsp3) is 0.364. The third-order valence-electron chi connectivity index (χ3n) is 4.85. The Hall–Kier alpha value is -2.02. The average Bonchev–Trinajstić information content (AvgIpc) is 2.72. The van der Waals surface area contributed by atoms with Crippen molar-refractivity contribution in [2.75, 3.05) is 25.0 Å². The molecule has 3 rings (SSSR count). The number of rotatable bonds is 7. The van der Waals surface area contributed by atoms with E-state index in [2.05, 4.69) is 15.5 Å². The Labute approximate surface area is 181 Å². The van der Waals surface area contributed by atoms with Gasteiger partial charge in [0, 0.05) is 34.7 Å². The van der Waals surface area contributed by atoms with Crippen molar-refractivity contribution in [1.29, 1.82) is 0 Å². The van der Waals surface area contributed by atoms with Crippen LogP contribution in [0.25, 0.3) is 0 Å². The highest BCUT2D eigenvalue weighted by atomic mass is 35.5. The maximum Gasteiger partial charge on any atom is 0.238 e. The summed E-state index contributed by atoms with van der Waals surface area (Å²) < 4.78 is 0. The first-order valence-corrected chi connectivity index (χ1v) is 11.1. The van der Waals surface area contributed by atoms with Gasteiger partial charge in [-0.05, 0) is 56.2 Å². The van der Waals surface area contributed by atoms with Crippen molar-refractivity contribution in [2.24, 2.45) is 0 Å². The Kier molecular flexibility index (Phi) is 7.98. The monoisotopic (exact) mass is 431 g/mol. The fourth-order valence-corrected chi connectivity index (χ4v) is 4.25. The van der Waals surface area contributed by atoms with Crippen LogP contribution in [0.4, 0.5) is 5.69 Å². The number of anilines is 1. The lowest BCUT2D eigenvalue weighted by atomic mass is 10.0. The number of halogens is 1. The van der Waals surface area contributed by atoms with Crippen molar-refractivity contribution in [3.63, 3.8) is 0 Å². The Morgan fingerprint density at radius 2 is 1.76 bits per heavy atom. The van der Waals surface area contributed by atoms with Crippen LogP contribution in [0.1, 0.15) is 19.8 Å². The zero-order valence-electron chi connectivity index (χ0n) is 16.4. The molecule has 0 aliphatic carbocycles. The number of nitrogens with one attached hydrogen (secondary N) is 2. The minimum Gasteiger partial charge on any atom is -0.352 e. The summed E-state index contributed by atoms with van der Waals surface area (Å²) >= 11 is 7.43. The van der Waals surface area contributed by atoms with E-state index in [4.69, 9.17) is 11.6 Å². The van der Waals surface area contributed by atoms with Gasteiger partial charge in [0.1, 0.15) is 0 Å². The van der Waals surface area contributed by atoms with Gasteiger partial charge in [0.05, 0.1) is 11.8 Å².